The van der Waals surface area contributed by atoms with E-state index in [0.29, 0.717) is 40.0 Å². The molecule has 17 heteroatoms. The number of ether oxygens (including phenoxy) is 1. The van der Waals surface area contributed by atoms with Crippen molar-refractivity contribution in [2.75, 3.05) is 22.6 Å². The topological polar surface area (TPSA) is 154 Å². The molecule has 4 heterocycles. The van der Waals surface area contributed by atoms with Crippen LogP contribution in [0.5, 0.6) is 5.75 Å². The summed E-state index contributed by atoms with van der Waals surface area (Å²) < 4.78 is 44.3. The van der Waals surface area contributed by atoms with Gasteiger partial charge in [-0.2, -0.15) is 10.1 Å². The molecule has 0 unspecified atom stereocenters. The van der Waals surface area contributed by atoms with Gasteiger partial charge < -0.3 is 26.0 Å². The highest BCUT2D eigenvalue weighted by molar-refractivity contribution is 6.33. The zero-order valence-electron chi connectivity index (χ0n) is 21.4. The van der Waals surface area contributed by atoms with Crippen LogP contribution in [0.4, 0.5) is 47.9 Å². The van der Waals surface area contributed by atoms with Gasteiger partial charge in [0, 0.05) is 26.0 Å². The standard InChI is InChI=1S/C24H21ClF3N11O2/c1-37(20-17(25)10-31-22(36-20)33-14-8-32-39(11-14)12-19(29)40)15-7-18-21(30-9-15)38(2)23(35-18)34-13-3-5-16(6-4-13)41-24(26,27)28/h3-11H,12H2,1-2H3,(H2,29,40)(H,34,35)(H,31,33,36). The van der Waals surface area contributed by atoms with Crippen molar-refractivity contribution < 1.29 is 22.7 Å². The number of aryl methyl sites for hydroxylation is 1. The van der Waals surface area contributed by atoms with Crippen LogP contribution in [0.25, 0.3) is 11.2 Å². The van der Waals surface area contributed by atoms with Gasteiger partial charge in [-0.1, -0.05) is 11.6 Å². The van der Waals surface area contributed by atoms with Crippen molar-refractivity contribution in [1.29, 1.82) is 0 Å². The number of anilines is 6. The van der Waals surface area contributed by atoms with Crippen LogP contribution in [-0.4, -0.2) is 53.6 Å². The first-order chi connectivity index (χ1) is 19.4. The molecule has 0 bridgehead atoms. The van der Waals surface area contributed by atoms with Crippen molar-refractivity contribution in [2.24, 2.45) is 12.8 Å². The van der Waals surface area contributed by atoms with Gasteiger partial charge in [0.05, 0.1) is 30.0 Å². The number of imidazole rings is 1. The molecule has 5 aromatic rings. The summed E-state index contributed by atoms with van der Waals surface area (Å²) >= 11 is 6.41. The number of pyridine rings is 1. The minimum Gasteiger partial charge on any atom is -0.406 e. The Morgan fingerprint density at radius 2 is 1.85 bits per heavy atom. The highest BCUT2D eigenvalue weighted by Gasteiger charge is 2.31. The maximum absolute atomic E-state index is 12.4. The number of carbonyl (C=O) groups is 1. The van der Waals surface area contributed by atoms with Gasteiger partial charge in [-0.3, -0.25) is 14.0 Å². The molecule has 0 fully saturated rings. The highest BCUT2D eigenvalue weighted by Crippen LogP contribution is 2.32. The predicted octanol–water partition coefficient (Wildman–Crippen LogP) is 4.25. The second-order valence-electron chi connectivity index (χ2n) is 8.67. The van der Waals surface area contributed by atoms with Crippen LogP contribution >= 0.6 is 11.6 Å². The van der Waals surface area contributed by atoms with E-state index in [1.807, 2.05) is 0 Å². The van der Waals surface area contributed by atoms with Crippen molar-refractivity contribution in [3.63, 3.8) is 0 Å². The summed E-state index contributed by atoms with van der Waals surface area (Å²) in [6.07, 6.45) is 1.38. The quantitative estimate of drug-likeness (QED) is 0.228. The lowest BCUT2D eigenvalue weighted by Gasteiger charge is -2.19. The number of hydrogen-bond acceptors (Lipinski definition) is 10. The van der Waals surface area contributed by atoms with Crippen LogP contribution in [0.2, 0.25) is 5.02 Å². The number of benzene rings is 1. The van der Waals surface area contributed by atoms with Gasteiger partial charge in [-0.25, -0.2) is 15.0 Å². The Hall–Kier alpha value is -5.12. The Labute approximate surface area is 234 Å². The number of hydrogen-bond donors (Lipinski definition) is 3. The SMILES string of the molecule is CN(c1cnc2c(c1)nc(Nc1ccc(OC(F)(F)F)cc1)n2C)c1nc(Nc2cnn(CC(N)=O)c2)ncc1Cl. The Balaban J connectivity index is 1.35. The van der Waals surface area contributed by atoms with Crippen LogP contribution in [0.15, 0.2) is 55.1 Å². The van der Waals surface area contributed by atoms with Crippen LogP contribution in [0, 0.1) is 0 Å². The third-order valence-corrected chi connectivity index (χ3v) is 5.94. The number of carbonyl (C=O) groups excluding carboxylic acids is 1. The second kappa shape index (κ2) is 10.8. The van der Waals surface area contributed by atoms with E-state index in [1.54, 1.807) is 42.0 Å². The molecule has 4 N–H and O–H groups in total. The number of nitrogens with zero attached hydrogens (tertiary/aromatic N) is 8. The maximum Gasteiger partial charge on any atom is 0.573 e. The van der Waals surface area contributed by atoms with Gasteiger partial charge in [0.15, 0.2) is 11.5 Å². The molecule has 0 radical (unpaired) electrons. The first-order valence-electron chi connectivity index (χ1n) is 11.7. The molecule has 0 spiro atoms. The Bertz CT molecular complexity index is 1720. The average molecular weight is 588 g/mol. The zero-order valence-corrected chi connectivity index (χ0v) is 22.1. The van der Waals surface area contributed by atoms with E-state index in [-0.39, 0.29) is 23.3 Å². The van der Waals surface area contributed by atoms with Crippen molar-refractivity contribution in [2.45, 2.75) is 12.9 Å². The fourth-order valence-corrected chi connectivity index (χ4v) is 4.03. The third-order valence-electron chi connectivity index (χ3n) is 5.68. The number of rotatable bonds is 9. The van der Waals surface area contributed by atoms with Crippen LogP contribution in [-0.2, 0) is 18.4 Å². The second-order valence-corrected chi connectivity index (χ2v) is 9.08. The van der Waals surface area contributed by atoms with Crippen molar-refractivity contribution in [3.05, 3.63) is 60.1 Å². The number of halogens is 4. The van der Waals surface area contributed by atoms with E-state index in [4.69, 9.17) is 17.3 Å². The fourth-order valence-electron chi connectivity index (χ4n) is 3.81. The van der Waals surface area contributed by atoms with E-state index >= 15 is 0 Å². The Morgan fingerprint density at radius 1 is 1.10 bits per heavy atom. The van der Waals surface area contributed by atoms with Gasteiger partial charge >= 0.3 is 6.36 Å². The monoisotopic (exact) mass is 587 g/mol. The average Bonchev–Trinajstić information content (AvgIpc) is 3.47. The Morgan fingerprint density at radius 3 is 2.56 bits per heavy atom. The van der Waals surface area contributed by atoms with Gasteiger partial charge in [-0.05, 0) is 30.3 Å². The van der Waals surface area contributed by atoms with E-state index in [9.17, 15) is 18.0 Å². The smallest absolute Gasteiger partial charge is 0.406 e. The molecule has 0 aliphatic carbocycles. The lowest BCUT2D eigenvalue weighted by atomic mass is 10.3. The summed E-state index contributed by atoms with van der Waals surface area (Å²) in [4.78, 5) is 30.6. The van der Waals surface area contributed by atoms with Gasteiger partial charge in [-0.15, -0.1) is 13.2 Å². The molecular formula is C24H21ClF3N11O2. The van der Waals surface area contributed by atoms with E-state index < -0.39 is 12.3 Å². The van der Waals surface area contributed by atoms with Gasteiger partial charge in [0.1, 0.15) is 22.8 Å². The molecule has 212 valence electrons. The first kappa shape index (κ1) is 27.4. The summed E-state index contributed by atoms with van der Waals surface area (Å²) in [5, 5.41) is 10.4. The summed E-state index contributed by atoms with van der Waals surface area (Å²) in [5.74, 6) is 0.175. The fraction of sp³-hybridized carbons (Fsp3) is 0.167. The molecule has 13 nitrogen and oxygen atoms in total. The van der Waals surface area contributed by atoms with E-state index in [1.165, 1.54) is 41.3 Å². The molecule has 1 aromatic carbocycles. The highest BCUT2D eigenvalue weighted by atomic mass is 35.5. The molecule has 5 rings (SSSR count). The summed E-state index contributed by atoms with van der Waals surface area (Å²) in [5.41, 5.74) is 7.97. The normalized spacial score (nSPS) is 11.5. The lowest BCUT2D eigenvalue weighted by Crippen LogP contribution is -2.18. The molecule has 0 saturated carbocycles. The Kier molecular flexibility index (Phi) is 7.23. The van der Waals surface area contributed by atoms with E-state index in [0.717, 1.165) is 0 Å². The largest absolute Gasteiger partial charge is 0.573 e. The molecule has 41 heavy (non-hydrogen) atoms. The summed E-state index contributed by atoms with van der Waals surface area (Å²) in [6, 6.07) is 7.07. The third kappa shape index (κ3) is 6.38. The van der Waals surface area contributed by atoms with Crippen molar-refractivity contribution in [1.82, 2.24) is 34.3 Å². The minimum atomic E-state index is -4.77. The molecule has 0 atom stereocenters. The molecular weight excluding hydrogens is 567 g/mol. The van der Waals surface area contributed by atoms with Gasteiger partial charge in [0.25, 0.3) is 0 Å². The summed E-state index contributed by atoms with van der Waals surface area (Å²) in [7, 11) is 3.50. The van der Waals surface area contributed by atoms with Crippen LogP contribution in [0.1, 0.15) is 0 Å². The first-order valence-corrected chi connectivity index (χ1v) is 12.1. The van der Waals surface area contributed by atoms with Crippen molar-refractivity contribution in [3.8, 4) is 5.75 Å². The molecule has 0 saturated heterocycles. The zero-order chi connectivity index (χ0) is 29.3. The number of nitrogens with one attached hydrogen (secondary N) is 2. The summed E-state index contributed by atoms with van der Waals surface area (Å²) in [6.45, 7) is -0.0689. The number of fused-ring (bicyclic) bond motifs is 1. The number of nitrogens with two attached hydrogens (primary N) is 1. The maximum atomic E-state index is 12.4. The number of amides is 1. The molecule has 1 amide bonds. The van der Waals surface area contributed by atoms with Crippen LogP contribution in [0.3, 0.4) is 0 Å². The molecule has 0 aliphatic rings. The molecule has 0 aliphatic heterocycles. The molecule has 4 aromatic heterocycles. The number of aromatic nitrogens is 7. The van der Waals surface area contributed by atoms with E-state index in [2.05, 4.69) is 40.4 Å². The minimum absolute atomic E-state index is 0.0689. The number of alkyl halides is 3. The van der Waals surface area contributed by atoms with Gasteiger partial charge in [0.2, 0.25) is 17.8 Å². The van der Waals surface area contributed by atoms with Crippen molar-refractivity contribution >= 4 is 63.4 Å². The number of primary amides is 1. The van der Waals surface area contributed by atoms with Crippen LogP contribution < -0.4 is 26.0 Å². The predicted molar refractivity (Wildman–Crippen MR) is 145 cm³/mol. The lowest BCUT2D eigenvalue weighted by molar-refractivity contribution is -0.274.